The molecule has 2 heterocycles. The highest BCUT2D eigenvalue weighted by atomic mass is 16.8. The Hall–Kier alpha value is -0.200. The molecule has 0 bridgehead atoms. The van der Waals surface area contributed by atoms with Crippen molar-refractivity contribution in [2.75, 3.05) is 6.61 Å². The minimum atomic E-state index is -1.17. The van der Waals surface area contributed by atoms with E-state index in [4.69, 9.17) is 14.2 Å². The van der Waals surface area contributed by atoms with Crippen molar-refractivity contribution in [2.45, 2.75) is 44.2 Å². The fourth-order valence-electron chi connectivity index (χ4n) is 1.74. The van der Waals surface area contributed by atoms with Crippen LogP contribution in [-0.2, 0) is 14.2 Å². The second kappa shape index (κ2) is 2.90. The summed E-state index contributed by atoms with van der Waals surface area (Å²) in [7, 11) is 0. The van der Waals surface area contributed by atoms with Crippen LogP contribution in [0.3, 0.4) is 0 Å². The summed E-state index contributed by atoms with van der Waals surface area (Å²) in [5, 5.41) is 18.7. The first-order chi connectivity index (χ1) is 5.99. The van der Waals surface area contributed by atoms with Crippen molar-refractivity contribution in [3.63, 3.8) is 0 Å². The molecule has 13 heavy (non-hydrogen) atoms. The van der Waals surface area contributed by atoms with Gasteiger partial charge in [-0.2, -0.15) is 0 Å². The van der Waals surface area contributed by atoms with E-state index in [0.29, 0.717) is 0 Å². The molecule has 0 spiro atoms. The normalized spacial score (nSPS) is 48.9. The molecule has 5 heteroatoms. The first-order valence-corrected chi connectivity index (χ1v) is 4.33. The van der Waals surface area contributed by atoms with E-state index in [1.165, 1.54) is 0 Å². The molecule has 0 aromatic rings. The first-order valence-electron chi connectivity index (χ1n) is 4.33. The summed E-state index contributed by atoms with van der Waals surface area (Å²) in [4.78, 5) is 0. The summed E-state index contributed by atoms with van der Waals surface area (Å²) in [6.07, 6.45) is -2.97. The summed E-state index contributed by atoms with van der Waals surface area (Å²) >= 11 is 0. The van der Waals surface area contributed by atoms with E-state index in [-0.39, 0.29) is 12.7 Å². The molecule has 0 radical (unpaired) electrons. The van der Waals surface area contributed by atoms with E-state index in [0.717, 1.165) is 0 Å². The Morgan fingerprint density at radius 1 is 1.23 bits per heavy atom. The Labute approximate surface area is 76.2 Å². The molecular weight excluding hydrogens is 176 g/mol. The fourth-order valence-corrected chi connectivity index (χ4v) is 1.74. The summed E-state index contributed by atoms with van der Waals surface area (Å²) < 4.78 is 15.8. The topological polar surface area (TPSA) is 68.2 Å². The van der Waals surface area contributed by atoms with Gasteiger partial charge in [0.25, 0.3) is 0 Å². The van der Waals surface area contributed by atoms with Gasteiger partial charge in [-0.25, -0.2) is 0 Å². The third-order valence-electron chi connectivity index (χ3n) is 2.28. The molecular formula is C8H14O5. The van der Waals surface area contributed by atoms with E-state index in [1.54, 1.807) is 13.8 Å². The van der Waals surface area contributed by atoms with E-state index in [9.17, 15) is 10.2 Å². The summed E-state index contributed by atoms with van der Waals surface area (Å²) in [5.74, 6) is -0.705. The molecule has 76 valence electrons. The standard InChI is InChI=1S/C8H14O5/c1-8(2)12-4-3-11-7(10)5(9)6(4)13-8/h4-7,9-10H,3H2,1-2H3/t4-,5+,6-,7-/m0/s1. The summed E-state index contributed by atoms with van der Waals surface area (Å²) in [5.41, 5.74) is 0. The van der Waals surface area contributed by atoms with Gasteiger partial charge in [-0.3, -0.25) is 0 Å². The van der Waals surface area contributed by atoms with Gasteiger partial charge in [0.1, 0.15) is 18.3 Å². The van der Waals surface area contributed by atoms with Crippen molar-refractivity contribution in [3.8, 4) is 0 Å². The van der Waals surface area contributed by atoms with Gasteiger partial charge in [-0.05, 0) is 13.8 Å². The number of hydrogen-bond acceptors (Lipinski definition) is 5. The fraction of sp³-hybridized carbons (Fsp3) is 1.00. The van der Waals surface area contributed by atoms with Gasteiger partial charge < -0.3 is 24.4 Å². The van der Waals surface area contributed by atoms with E-state index in [1.807, 2.05) is 0 Å². The first kappa shape index (κ1) is 9.36. The highest BCUT2D eigenvalue weighted by molar-refractivity contribution is 4.90. The molecule has 0 unspecified atom stereocenters. The molecule has 2 saturated heterocycles. The van der Waals surface area contributed by atoms with Gasteiger partial charge in [-0.15, -0.1) is 0 Å². The van der Waals surface area contributed by atoms with Crippen molar-refractivity contribution >= 4 is 0 Å². The number of hydrogen-bond donors (Lipinski definition) is 2. The Kier molecular flexibility index (Phi) is 2.08. The van der Waals surface area contributed by atoms with Crippen LogP contribution in [-0.4, -0.2) is 47.2 Å². The van der Waals surface area contributed by atoms with Gasteiger partial charge in [0.2, 0.25) is 0 Å². The van der Waals surface area contributed by atoms with E-state index in [2.05, 4.69) is 0 Å². The lowest BCUT2D eigenvalue weighted by Gasteiger charge is -2.31. The number of ether oxygens (including phenoxy) is 3. The van der Waals surface area contributed by atoms with Crippen molar-refractivity contribution in [1.82, 2.24) is 0 Å². The Bertz CT molecular complexity index is 205. The van der Waals surface area contributed by atoms with Crippen molar-refractivity contribution in [3.05, 3.63) is 0 Å². The van der Waals surface area contributed by atoms with Crippen LogP contribution in [0.4, 0.5) is 0 Å². The second-order valence-electron chi connectivity index (χ2n) is 3.85. The predicted molar refractivity (Wildman–Crippen MR) is 41.8 cm³/mol. The third-order valence-corrected chi connectivity index (χ3v) is 2.28. The Balaban J connectivity index is 2.11. The van der Waals surface area contributed by atoms with Gasteiger partial charge >= 0.3 is 0 Å². The number of aliphatic hydroxyl groups excluding tert-OH is 2. The van der Waals surface area contributed by atoms with Gasteiger partial charge in [0.15, 0.2) is 12.1 Å². The van der Waals surface area contributed by atoms with Crippen LogP contribution in [0, 0.1) is 0 Å². The van der Waals surface area contributed by atoms with Crippen LogP contribution >= 0.6 is 0 Å². The molecule has 2 N–H and O–H groups in total. The third kappa shape index (κ3) is 1.58. The maximum atomic E-state index is 9.50. The number of rotatable bonds is 0. The molecule has 0 aliphatic carbocycles. The van der Waals surface area contributed by atoms with Crippen molar-refractivity contribution in [1.29, 1.82) is 0 Å². The second-order valence-corrected chi connectivity index (χ2v) is 3.85. The molecule has 2 rings (SSSR count). The van der Waals surface area contributed by atoms with Gasteiger partial charge in [0.05, 0.1) is 6.61 Å². The molecule has 2 fully saturated rings. The predicted octanol–water partition coefficient (Wildman–Crippen LogP) is -0.784. The highest BCUT2D eigenvalue weighted by Crippen LogP contribution is 2.33. The largest absolute Gasteiger partial charge is 0.385 e. The molecule has 0 saturated carbocycles. The van der Waals surface area contributed by atoms with Crippen molar-refractivity contribution < 1.29 is 24.4 Å². The molecule has 4 atom stereocenters. The van der Waals surface area contributed by atoms with E-state index < -0.39 is 24.3 Å². The highest BCUT2D eigenvalue weighted by Gasteiger charge is 2.50. The maximum absolute atomic E-state index is 9.50. The minimum absolute atomic E-state index is 0.256. The van der Waals surface area contributed by atoms with Gasteiger partial charge in [-0.1, -0.05) is 0 Å². The minimum Gasteiger partial charge on any atom is -0.385 e. The average molecular weight is 190 g/mol. The van der Waals surface area contributed by atoms with Crippen LogP contribution < -0.4 is 0 Å². The number of fused-ring (bicyclic) bond motifs is 1. The zero-order chi connectivity index (χ0) is 9.64. The maximum Gasteiger partial charge on any atom is 0.183 e. The Morgan fingerprint density at radius 3 is 2.62 bits per heavy atom. The smallest absolute Gasteiger partial charge is 0.183 e. The quantitative estimate of drug-likeness (QED) is 0.524. The molecule has 0 aromatic carbocycles. The van der Waals surface area contributed by atoms with Crippen LogP contribution in [0.5, 0.6) is 0 Å². The molecule has 2 aliphatic heterocycles. The van der Waals surface area contributed by atoms with Crippen LogP contribution in [0.25, 0.3) is 0 Å². The zero-order valence-electron chi connectivity index (χ0n) is 7.64. The average Bonchev–Trinajstić information content (AvgIpc) is 2.34. The zero-order valence-corrected chi connectivity index (χ0v) is 7.64. The molecule has 5 nitrogen and oxygen atoms in total. The van der Waals surface area contributed by atoms with E-state index >= 15 is 0 Å². The molecule has 0 aromatic heterocycles. The Morgan fingerprint density at radius 2 is 1.92 bits per heavy atom. The van der Waals surface area contributed by atoms with Crippen LogP contribution in [0.1, 0.15) is 13.8 Å². The SMILES string of the molecule is CC1(C)O[C@@H]2[C@@H](O)[C@@H](O)OC[C@@H]2O1. The van der Waals surface area contributed by atoms with Crippen molar-refractivity contribution in [2.24, 2.45) is 0 Å². The lowest BCUT2D eigenvalue weighted by atomic mass is 10.1. The van der Waals surface area contributed by atoms with Crippen LogP contribution in [0.15, 0.2) is 0 Å². The lowest BCUT2D eigenvalue weighted by Crippen LogP contribution is -2.51. The molecule has 0 amide bonds. The van der Waals surface area contributed by atoms with Crippen LogP contribution in [0.2, 0.25) is 0 Å². The monoisotopic (exact) mass is 190 g/mol. The summed E-state index contributed by atoms with van der Waals surface area (Å²) in [6, 6.07) is 0. The molecule has 2 aliphatic rings. The summed E-state index contributed by atoms with van der Waals surface area (Å²) in [6.45, 7) is 3.79. The van der Waals surface area contributed by atoms with Gasteiger partial charge in [0, 0.05) is 0 Å². The number of aliphatic hydroxyl groups is 2. The lowest BCUT2D eigenvalue weighted by molar-refractivity contribution is -0.230.